The van der Waals surface area contributed by atoms with Crippen molar-refractivity contribution in [1.82, 2.24) is 0 Å². The number of ether oxygens (including phenoxy) is 4. The third kappa shape index (κ3) is 10.7. The van der Waals surface area contributed by atoms with Gasteiger partial charge < -0.3 is 18.9 Å². The number of carbonyl (C=O) groups is 4. The van der Waals surface area contributed by atoms with Crippen molar-refractivity contribution in [3.63, 3.8) is 0 Å². The van der Waals surface area contributed by atoms with Gasteiger partial charge in [0.15, 0.2) is 0 Å². The third-order valence-electron chi connectivity index (χ3n) is 9.19. The monoisotopic (exact) mass is 742 g/mol. The predicted molar refractivity (Wildman–Crippen MR) is 207 cm³/mol. The highest BCUT2D eigenvalue weighted by Gasteiger charge is 2.31. The van der Waals surface area contributed by atoms with Gasteiger partial charge in [0, 0.05) is 17.4 Å². The fourth-order valence-corrected chi connectivity index (χ4v) is 7.55. The Morgan fingerprint density at radius 1 is 0.463 bits per heavy atom. The minimum absolute atomic E-state index is 0.0488. The summed E-state index contributed by atoms with van der Waals surface area (Å²) in [6.45, 7) is 0.309. The summed E-state index contributed by atoms with van der Waals surface area (Å²) in [6, 6.07) is 44.0. The Hall–Kier alpha value is -5.67. The molecule has 9 heteroatoms. The third-order valence-corrected chi connectivity index (χ3v) is 10.5. The molecule has 2 atom stereocenters. The zero-order valence-corrected chi connectivity index (χ0v) is 30.7. The van der Waals surface area contributed by atoms with E-state index in [9.17, 15) is 19.2 Å². The van der Waals surface area contributed by atoms with Gasteiger partial charge in [0.2, 0.25) is 0 Å². The van der Waals surface area contributed by atoms with Crippen molar-refractivity contribution < 1.29 is 38.1 Å². The lowest BCUT2D eigenvalue weighted by Crippen LogP contribution is -2.27. The van der Waals surface area contributed by atoms with Gasteiger partial charge in [-0.1, -0.05) is 140 Å². The van der Waals surface area contributed by atoms with Crippen molar-refractivity contribution in [2.45, 2.75) is 38.6 Å². The van der Waals surface area contributed by atoms with Gasteiger partial charge in [-0.2, -0.15) is 11.8 Å². The summed E-state index contributed by atoms with van der Waals surface area (Å²) in [4.78, 5) is 53.2. The Morgan fingerprint density at radius 3 is 1.28 bits per heavy atom. The maximum atomic E-state index is 13.5. The van der Waals surface area contributed by atoms with E-state index in [-0.39, 0.29) is 56.7 Å². The lowest BCUT2D eigenvalue weighted by atomic mass is 9.98. The average Bonchev–Trinajstić information content (AvgIpc) is 3.54. The highest BCUT2D eigenvalue weighted by Crippen LogP contribution is 2.44. The largest absolute Gasteiger partial charge is 0.465 e. The molecular weight excluding hydrogens is 701 g/mol. The molecular formula is C45H42O8S. The molecule has 0 saturated carbocycles. The SMILES string of the molecule is O=C(C[C@@H](CSC[C@@H](CC(=O)OCC1c2ccccc2-c2ccccc21)C(=O)OCc1ccccc1)C(=O)OCc1ccccc1)OCc1ccccc1. The molecule has 1 aliphatic rings. The number of carbonyl (C=O) groups excluding carboxylic acids is 4. The summed E-state index contributed by atoms with van der Waals surface area (Å²) in [5, 5.41) is 0. The average molecular weight is 743 g/mol. The molecule has 0 aromatic heterocycles. The molecule has 8 nitrogen and oxygen atoms in total. The van der Waals surface area contributed by atoms with Crippen LogP contribution in [0.5, 0.6) is 0 Å². The van der Waals surface area contributed by atoms with Gasteiger partial charge >= 0.3 is 23.9 Å². The Labute approximate surface area is 319 Å². The number of esters is 4. The Morgan fingerprint density at radius 2 is 0.833 bits per heavy atom. The molecule has 5 aromatic carbocycles. The second-order valence-electron chi connectivity index (χ2n) is 13.1. The van der Waals surface area contributed by atoms with Crippen LogP contribution in [0.25, 0.3) is 11.1 Å². The fourth-order valence-electron chi connectivity index (χ4n) is 6.34. The van der Waals surface area contributed by atoms with Gasteiger partial charge in [-0.25, -0.2) is 0 Å². The topological polar surface area (TPSA) is 105 Å². The molecule has 0 radical (unpaired) electrons. The molecule has 0 saturated heterocycles. The molecule has 1 aliphatic carbocycles. The van der Waals surface area contributed by atoms with Crippen LogP contribution in [0.3, 0.4) is 0 Å². The van der Waals surface area contributed by atoms with Crippen LogP contribution in [0, 0.1) is 11.8 Å². The number of hydrogen-bond acceptors (Lipinski definition) is 9. The van der Waals surface area contributed by atoms with Crippen LogP contribution in [-0.4, -0.2) is 42.0 Å². The summed E-state index contributed by atoms with van der Waals surface area (Å²) in [6.07, 6.45) is -0.415. The predicted octanol–water partition coefficient (Wildman–Crippen LogP) is 8.32. The highest BCUT2D eigenvalue weighted by molar-refractivity contribution is 7.99. The van der Waals surface area contributed by atoms with E-state index in [1.54, 1.807) is 0 Å². The van der Waals surface area contributed by atoms with Crippen LogP contribution in [0.2, 0.25) is 0 Å². The van der Waals surface area contributed by atoms with Gasteiger partial charge in [0.1, 0.15) is 26.4 Å². The first-order valence-corrected chi connectivity index (χ1v) is 19.1. The number of benzene rings is 5. The van der Waals surface area contributed by atoms with Crippen molar-refractivity contribution in [1.29, 1.82) is 0 Å². The second-order valence-corrected chi connectivity index (χ2v) is 14.2. The van der Waals surface area contributed by atoms with E-state index < -0.39 is 35.7 Å². The van der Waals surface area contributed by atoms with Crippen molar-refractivity contribution >= 4 is 35.6 Å². The van der Waals surface area contributed by atoms with Crippen LogP contribution in [-0.2, 0) is 57.9 Å². The van der Waals surface area contributed by atoms with E-state index >= 15 is 0 Å². The zero-order valence-electron chi connectivity index (χ0n) is 29.8. The van der Waals surface area contributed by atoms with Crippen molar-refractivity contribution in [3.05, 3.63) is 167 Å². The van der Waals surface area contributed by atoms with Gasteiger partial charge in [-0.05, 0) is 38.9 Å². The molecule has 0 spiro atoms. The van der Waals surface area contributed by atoms with Crippen molar-refractivity contribution in [2.75, 3.05) is 18.1 Å². The number of hydrogen-bond donors (Lipinski definition) is 0. The van der Waals surface area contributed by atoms with Crippen LogP contribution in [0.1, 0.15) is 46.6 Å². The number of rotatable bonds is 18. The van der Waals surface area contributed by atoms with Gasteiger partial charge in [0.05, 0.1) is 24.7 Å². The summed E-state index contributed by atoms with van der Waals surface area (Å²) >= 11 is 1.28. The van der Waals surface area contributed by atoms with Crippen LogP contribution in [0.15, 0.2) is 140 Å². The molecule has 6 rings (SSSR count). The Balaban J connectivity index is 1.10. The summed E-state index contributed by atoms with van der Waals surface area (Å²) in [7, 11) is 0. The Kier molecular flexibility index (Phi) is 13.7. The molecule has 0 fully saturated rings. The molecule has 0 heterocycles. The minimum atomic E-state index is -0.861. The van der Waals surface area contributed by atoms with Gasteiger partial charge in [-0.15, -0.1) is 0 Å². The van der Waals surface area contributed by atoms with Crippen molar-refractivity contribution in [2.24, 2.45) is 11.8 Å². The molecule has 0 unspecified atom stereocenters. The fraction of sp³-hybridized carbons (Fsp3) is 0.244. The zero-order chi connectivity index (χ0) is 37.5. The van der Waals surface area contributed by atoms with E-state index in [2.05, 4.69) is 12.1 Å². The van der Waals surface area contributed by atoms with E-state index in [0.29, 0.717) is 0 Å². The molecule has 5 aromatic rings. The molecule has 0 amide bonds. The maximum absolute atomic E-state index is 13.5. The summed E-state index contributed by atoms with van der Waals surface area (Å²) in [5.74, 6) is -3.70. The lowest BCUT2D eigenvalue weighted by Gasteiger charge is -2.19. The van der Waals surface area contributed by atoms with Gasteiger partial charge in [-0.3, -0.25) is 19.2 Å². The first-order valence-electron chi connectivity index (χ1n) is 18.0. The van der Waals surface area contributed by atoms with E-state index in [0.717, 1.165) is 38.9 Å². The standard InChI is InChI=1S/C45H42O8S/c46-42(50-26-32-14-4-1-5-15-32)24-35(44(48)52-27-33-16-6-2-7-17-33)30-54-31-36(45(49)53-28-34-18-8-3-9-19-34)25-43(47)51-29-41-39-22-12-10-20-37(39)38-21-11-13-23-40(38)41/h1-23,35-36,41H,24-31H2/t35-,36+/m0/s1. The normalized spacial score (nSPS) is 12.8. The second kappa shape index (κ2) is 19.4. The van der Waals surface area contributed by atoms with E-state index in [4.69, 9.17) is 18.9 Å². The Bertz CT molecular complexity index is 1960. The van der Waals surface area contributed by atoms with E-state index in [1.807, 2.05) is 127 Å². The quantitative estimate of drug-likeness (QED) is 0.0648. The molecule has 0 aliphatic heterocycles. The first kappa shape index (κ1) is 38.1. The summed E-state index contributed by atoms with van der Waals surface area (Å²) < 4.78 is 22.6. The van der Waals surface area contributed by atoms with Crippen LogP contribution < -0.4 is 0 Å². The molecule has 54 heavy (non-hydrogen) atoms. The molecule has 0 N–H and O–H groups in total. The van der Waals surface area contributed by atoms with Gasteiger partial charge in [0.25, 0.3) is 0 Å². The van der Waals surface area contributed by atoms with Crippen LogP contribution in [0.4, 0.5) is 0 Å². The molecule has 276 valence electrons. The number of thioether (sulfide) groups is 1. The lowest BCUT2D eigenvalue weighted by molar-refractivity contribution is -0.155. The minimum Gasteiger partial charge on any atom is -0.465 e. The van der Waals surface area contributed by atoms with E-state index in [1.165, 1.54) is 11.8 Å². The first-order chi connectivity index (χ1) is 26.4. The number of fused-ring (bicyclic) bond motifs is 3. The highest BCUT2D eigenvalue weighted by atomic mass is 32.2. The smallest absolute Gasteiger partial charge is 0.310 e. The summed E-state index contributed by atoms with van der Waals surface area (Å²) in [5.41, 5.74) is 6.87. The molecule has 0 bridgehead atoms. The maximum Gasteiger partial charge on any atom is 0.310 e. The van der Waals surface area contributed by atoms with Crippen LogP contribution >= 0.6 is 11.8 Å². The van der Waals surface area contributed by atoms with Crippen molar-refractivity contribution in [3.8, 4) is 11.1 Å².